The Labute approximate surface area is 81.0 Å². The largest absolute Gasteiger partial charge is 0.220 e. The first-order chi connectivity index (χ1) is 6.40. The highest BCUT2D eigenvalue weighted by Gasteiger charge is 1.99. The summed E-state index contributed by atoms with van der Waals surface area (Å²) in [4.78, 5) is 0. The van der Waals surface area contributed by atoms with Gasteiger partial charge in [0.2, 0.25) is 0 Å². The van der Waals surface area contributed by atoms with Crippen LogP contribution in [0.15, 0.2) is 36.5 Å². The fraction of sp³-hybridized carbons (Fsp3) is 0.111. The Balaban J connectivity index is 2.36. The van der Waals surface area contributed by atoms with Gasteiger partial charge in [0.1, 0.15) is 0 Å². The van der Waals surface area contributed by atoms with E-state index in [1.165, 1.54) is 0 Å². The molecule has 4 heteroatoms. The molecule has 0 radical (unpaired) electrons. The van der Waals surface area contributed by atoms with Crippen molar-refractivity contribution in [2.75, 3.05) is 0 Å². The van der Waals surface area contributed by atoms with E-state index in [1.54, 1.807) is 4.68 Å². The van der Waals surface area contributed by atoms with E-state index in [1.807, 2.05) is 36.5 Å². The minimum atomic E-state index is 0.396. The van der Waals surface area contributed by atoms with Crippen LogP contribution in [0.25, 0.3) is 5.69 Å². The predicted octanol–water partition coefficient (Wildman–Crippen LogP) is 2.01. The van der Waals surface area contributed by atoms with Crippen molar-refractivity contribution in [2.24, 2.45) is 0 Å². The predicted molar refractivity (Wildman–Crippen MR) is 50.9 cm³/mol. The molecule has 0 spiro atoms. The maximum atomic E-state index is 5.61. The molecule has 0 aliphatic rings. The summed E-state index contributed by atoms with van der Waals surface area (Å²) in [6.07, 6.45) is 1.82. The summed E-state index contributed by atoms with van der Waals surface area (Å²) < 4.78 is 1.71. The van der Waals surface area contributed by atoms with E-state index >= 15 is 0 Å². The number of benzene rings is 1. The Kier molecular flexibility index (Phi) is 2.27. The van der Waals surface area contributed by atoms with Crippen molar-refractivity contribution in [3.05, 3.63) is 42.2 Å². The van der Waals surface area contributed by atoms with Crippen LogP contribution in [0.4, 0.5) is 0 Å². The molecule has 0 aliphatic carbocycles. The van der Waals surface area contributed by atoms with Crippen molar-refractivity contribution in [1.29, 1.82) is 0 Å². The Morgan fingerprint density at radius 1 is 1.23 bits per heavy atom. The van der Waals surface area contributed by atoms with E-state index in [0.717, 1.165) is 11.4 Å². The van der Waals surface area contributed by atoms with E-state index in [0.29, 0.717) is 5.88 Å². The van der Waals surface area contributed by atoms with Crippen LogP contribution in [-0.4, -0.2) is 15.0 Å². The van der Waals surface area contributed by atoms with Gasteiger partial charge < -0.3 is 0 Å². The Bertz CT molecular complexity index is 383. The van der Waals surface area contributed by atoms with Gasteiger partial charge in [0.15, 0.2) is 0 Å². The maximum Gasteiger partial charge on any atom is 0.0979 e. The molecule has 3 nitrogen and oxygen atoms in total. The van der Waals surface area contributed by atoms with Gasteiger partial charge in [0.25, 0.3) is 0 Å². The molecule has 2 aromatic rings. The van der Waals surface area contributed by atoms with Crippen molar-refractivity contribution in [3.63, 3.8) is 0 Å². The minimum Gasteiger partial charge on any atom is -0.220 e. The SMILES string of the molecule is ClCc1cn(-c2ccccc2)nn1. The fourth-order valence-electron chi connectivity index (χ4n) is 1.07. The summed E-state index contributed by atoms with van der Waals surface area (Å²) in [5.41, 5.74) is 1.77. The van der Waals surface area contributed by atoms with Gasteiger partial charge in [-0.25, -0.2) is 4.68 Å². The van der Waals surface area contributed by atoms with Gasteiger partial charge in [0.05, 0.1) is 23.5 Å². The van der Waals surface area contributed by atoms with Crippen LogP contribution in [0, 0.1) is 0 Å². The molecule has 0 aliphatic heterocycles. The highest BCUT2D eigenvalue weighted by Crippen LogP contribution is 2.06. The smallest absolute Gasteiger partial charge is 0.0979 e. The molecule has 13 heavy (non-hydrogen) atoms. The first kappa shape index (κ1) is 8.26. The summed E-state index contributed by atoms with van der Waals surface area (Å²) in [6.45, 7) is 0. The van der Waals surface area contributed by atoms with Gasteiger partial charge in [0, 0.05) is 0 Å². The summed E-state index contributed by atoms with van der Waals surface area (Å²) in [7, 11) is 0. The zero-order valence-corrected chi connectivity index (χ0v) is 7.65. The lowest BCUT2D eigenvalue weighted by Crippen LogP contribution is -1.93. The van der Waals surface area contributed by atoms with E-state index in [2.05, 4.69) is 10.3 Å². The highest BCUT2D eigenvalue weighted by molar-refractivity contribution is 6.16. The number of alkyl halides is 1. The molecule has 1 aromatic heterocycles. The normalized spacial score (nSPS) is 10.2. The number of para-hydroxylation sites is 1. The summed E-state index contributed by atoms with van der Waals surface area (Å²) in [5, 5.41) is 7.83. The lowest BCUT2D eigenvalue weighted by atomic mass is 10.3. The Morgan fingerprint density at radius 2 is 2.00 bits per heavy atom. The van der Waals surface area contributed by atoms with Crippen LogP contribution in [0.3, 0.4) is 0 Å². The monoisotopic (exact) mass is 193 g/mol. The molecule has 0 saturated heterocycles. The average molecular weight is 194 g/mol. The van der Waals surface area contributed by atoms with Crippen LogP contribution in [-0.2, 0) is 5.88 Å². The third-order valence-electron chi connectivity index (χ3n) is 1.70. The van der Waals surface area contributed by atoms with E-state index in [9.17, 15) is 0 Å². The van der Waals surface area contributed by atoms with E-state index in [-0.39, 0.29) is 0 Å². The summed E-state index contributed by atoms with van der Waals surface area (Å²) in [6, 6.07) is 9.80. The van der Waals surface area contributed by atoms with Gasteiger partial charge in [-0.3, -0.25) is 0 Å². The van der Waals surface area contributed by atoms with Gasteiger partial charge >= 0.3 is 0 Å². The van der Waals surface area contributed by atoms with E-state index in [4.69, 9.17) is 11.6 Å². The second kappa shape index (κ2) is 3.58. The fourth-order valence-corrected chi connectivity index (χ4v) is 1.19. The van der Waals surface area contributed by atoms with Crippen molar-refractivity contribution in [1.82, 2.24) is 15.0 Å². The molecule has 0 bridgehead atoms. The molecule has 2 rings (SSSR count). The molecule has 0 unspecified atom stereocenters. The number of halogens is 1. The van der Waals surface area contributed by atoms with Crippen LogP contribution in [0.1, 0.15) is 5.69 Å². The van der Waals surface area contributed by atoms with Crippen LogP contribution >= 0.6 is 11.6 Å². The van der Waals surface area contributed by atoms with Crippen molar-refractivity contribution < 1.29 is 0 Å². The molecule has 0 fully saturated rings. The highest BCUT2D eigenvalue weighted by atomic mass is 35.5. The van der Waals surface area contributed by atoms with Crippen LogP contribution < -0.4 is 0 Å². The average Bonchev–Trinajstić information content (AvgIpc) is 2.67. The second-order valence-corrected chi connectivity index (χ2v) is 2.89. The number of nitrogens with zero attached hydrogens (tertiary/aromatic N) is 3. The Hall–Kier alpha value is -1.35. The number of aromatic nitrogens is 3. The van der Waals surface area contributed by atoms with Crippen molar-refractivity contribution in [2.45, 2.75) is 5.88 Å². The maximum absolute atomic E-state index is 5.61. The van der Waals surface area contributed by atoms with Gasteiger partial charge in [-0.2, -0.15) is 0 Å². The molecule has 0 amide bonds. The van der Waals surface area contributed by atoms with Crippen LogP contribution in [0.2, 0.25) is 0 Å². The standard InChI is InChI=1S/C9H8ClN3/c10-6-8-7-13(12-11-8)9-4-2-1-3-5-9/h1-5,7H,6H2. The first-order valence-corrected chi connectivity index (χ1v) is 4.46. The summed E-state index contributed by atoms with van der Waals surface area (Å²) >= 11 is 5.61. The third-order valence-corrected chi connectivity index (χ3v) is 1.97. The molecule has 0 saturated carbocycles. The lowest BCUT2D eigenvalue weighted by molar-refractivity contribution is 0.800. The molecule has 1 heterocycles. The van der Waals surface area contributed by atoms with Crippen LogP contribution in [0.5, 0.6) is 0 Å². The zero-order valence-electron chi connectivity index (χ0n) is 6.89. The quantitative estimate of drug-likeness (QED) is 0.684. The van der Waals surface area contributed by atoms with Crippen molar-refractivity contribution in [3.8, 4) is 5.69 Å². The topological polar surface area (TPSA) is 30.7 Å². The first-order valence-electron chi connectivity index (χ1n) is 3.93. The third kappa shape index (κ3) is 1.70. The molecule has 0 atom stereocenters. The zero-order chi connectivity index (χ0) is 9.10. The molecular formula is C9H8ClN3. The lowest BCUT2D eigenvalue weighted by Gasteiger charge is -1.96. The molecule has 1 aromatic carbocycles. The number of rotatable bonds is 2. The minimum absolute atomic E-state index is 0.396. The van der Waals surface area contributed by atoms with Gasteiger partial charge in [-0.15, -0.1) is 16.7 Å². The van der Waals surface area contributed by atoms with E-state index < -0.39 is 0 Å². The number of hydrogen-bond acceptors (Lipinski definition) is 2. The number of hydrogen-bond donors (Lipinski definition) is 0. The molecule has 0 N–H and O–H groups in total. The second-order valence-electron chi connectivity index (χ2n) is 2.62. The molecule has 66 valence electrons. The van der Waals surface area contributed by atoms with Crippen molar-refractivity contribution >= 4 is 11.6 Å². The van der Waals surface area contributed by atoms with Gasteiger partial charge in [-0.05, 0) is 12.1 Å². The summed E-state index contributed by atoms with van der Waals surface area (Å²) in [5.74, 6) is 0.396. The van der Waals surface area contributed by atoms with Gasteiger partial charge in [-0.1, -0.05) is 23.4 Å². The Morgan fingerprint density at radius 3 is 2.62 bits per heavy atom. The molecular weight excluding hydrogens is 186 g/mol.